The monoisotopic (exact) mass is 158 g/mol. The zero-order valence-corrected chi connectivity index (χ0v) is 8.73. The Bertz CT molecular complexity index is 117. The van der Waals surface area contributed by atoms with E-state index in [1.54, 1.807) is 0 Å². The van der Waals surface area contributed by atoms with Gasteiger partial charge in [-0.15, -0.1) is 0 Å². The lowest BCUT2D eigenvalue weighted by Crippen LogP contribution is -2.32. The molecule has 1 unspecified atom stereocenters. The molecule has 68 valence electrons. The number of rotatable bonds is 2. The molecule has 0 radical (unpaired) electrons. The minimum absolute atomic E-state index is 0.191. The van der Waals surface area contributed by atoms with E-state index >= 15 is 0 Å². The van der Waals surface area contributed by atoms with Gasteiger partial charge in [-0.2, -0.15) is 0 Å². The van der Waals surface area contributed by atoms with E-state index in [1.807, 2.05) is 6.92 Å². The third-order valence-electron chi connectivity index (χ3n) is 2.84. The highest BCUT2D eigenvalue weighted by molar-refractivity contribution is 4.83. The summed E-state index contributed by atoms with van der Waals surface area (Å²) in [5.74, 6) is 0. The van der Waals surface area contributed by atoms with Gasteiger partial charge >= 0.3 is 0 Å². The summed E-state index contributed by atoms with van der Waals surface area (Å²) in [6.45, 7) is 12.9. The molecule has 0 aliphatic rings. The van der Waals surface area contributed by atoms with Crippen molar-refractivity contribution in [3.05, 3.63) is 0 Å². The second kappa shape index (κ2) is 3.14. The van der Waals surface area contributed by atoms with Gasteiger partial charge in [0, 0.05) is 0 Å². The van der Waals surface area contributed by atoms with Crippen molar-refractivity contribution in [2.45, 2.75) is 54.1 Å². The highest BCUT2D eigenvalue weighted by Gasteiger charge is 2.33. The Balaban J connectivity index is 4.22. The average molecular weight is 158 g/mol. The van der Waals surface area contributed by atoms with Gasteiger partial charge in [0.15, 0.2) is 0 Å². The molecule has 0 aromatic heterocycles. The largest absolute Gasteiger partial charge is 0.393 e. The van der Waals surface area contributed by atoms with Crippen LogP contribution in [-0.2, 0) is 0 Å². The van der Waals surface area contributed by atoms with Crippen LogP contribution in [0.1, 0.15) is 48.0 Å². The summed E-state index contributed by atoms with van der Waals surface area (Å²) in [5.41, 5.74) is 0.477. The van der Waals surface area contributed by atoms with E-state index in [4.69, 9.17) is 0 Å². The van der Waals surface area contributed by atoms with Crippen LogP contribution in [0, 0.1) is 10.8 Å². The zero-order valence-electron chi connectivity index (χ0n) is 8.73. The first-order valence-electron chi connectivity index (χ1n) is 4.35. The Hall–Kier alpha value is -0.0400. The Morgan fingerprint density at radius 1 is 1.09 bits per heavy atom. The highest BCUT2D eigenvalue weighted by atomic mass is 16.3. The first kappa shape index (κ1) is 11.0. The molecule has 11 heavy (non-hydrogen) atoms. The third-order valence-corrected chi connectivity index (χ3v) is 2.84. The van der Waals surface area contributed by atoms with Crippen LogP contribution < -0.4 is 0 Å². The lowest BCUT2D eigenvalue weighted by Gasteiger charge is -2.39. The first-order chi connectivity index (χ1) is 4.67. The molecule has 1 atom stereocenters. The maximum atomic E-state index is 9.25. The van der Waals surface area contributed by atoms with E-state index in [2.05, 4.69) is 34.6 Å². The van der Waals surface area contributed by atoms with E-state index in [0.717, 1.165) is 6.42 Å². The predicted octanol–water partition coefficient (Wildman–Crippen LogP) is 2.83. The van der Waals surface area contributed by atoms with Crippen LogP contribution in [0.4, 0.5) is 0 Å². The molecule has 1 nitrogen and oxygen atoms in total. The van der Waals surface area contributed by atoms with Crippen LogP contribution in [0.25, 0.3) is 0 Å². The summed E-state index contributed by atoms with van der Waals surface area (Å²) < 4.78 is 0. The lowest BCUT2D eigenvalue weighted by atomic mass is 9.66. The Morgan fingerprint density at radius 2 is 1.45 bits per heavy atom. The minimum atomic E-state index is -0.191. The Kier molecular flexibility index (Phi) is 3.13. The maximum Gasteiger partial charge on any atom is 0.0517 e. The van der Waals surface area contributed by atoms with Crippen LogP contribution >= 0.6 is 0 Å². The zero-order chi connectivity index (χ0) is 9.28. The molecule has 0 spiro atoms. The predicted molar refractivity (Wildman–Crippen MR) is 49.5 cm³/mol. The smallest absolute Gasteiger partial charge is 0.0517 e. The van der Waals surface area contributed by atoms with Gasteiger partial charge in [-0.05, 0) is 24.2 Å². The molecule has 0 saturated carbocycles. The van der Waals surface area contributed by atoms with Gasteiger partial charge in [0.05, 0.1) is 6.10 Å². The number of hydrogen-bond acceptors (Lipinski definition) is 1. The highest BCUT2D eigenvalue weighted by Crippen LogP contribution is 2.41. The summed E-state index contributed by atoms with van der Waals surface area (Å²) in [7, 11) is 0. The molecule has 1 heteroatoms. The van der Waals surface area contributed by atoms with Gasteiger partial charge in [0.2, 0.25) is 0 Å². The topological polar surface area (TPSA) is 20.2 Å². The molecule has 0 bridgehead atoms. The van der Waals surface area contributed by atoms with Crippen molar-refractivity contribution >= 4 is 0 Å². The van der Waals surface area contributed by atoms with Crippen LogP contribution in [-0.4, -0.2) is 11.2 Å². The van der Waals surface area contributed by atoms with Gasteiger partial charge in [0.1, 0.15) is 0 Å². The summed E-state index contributed by atoms with van der Waals surface area (Å²) in [6.07, 6.45) is 0.681. The van der Waals surface area contributed by atoms with E-state index in [1.165, 1.54) is 0 Å². The molecule has 0 fully saturated rings. The second-order valence-electron chi connectivity index (χ2n) is 5.19. The molecular weight excluding hydrogens is 136 g/mol. The maximum absolute atomic E-state index is 9.25. The van der Waals surface area contributed by atoms with Gasteiger partial charge in [-0.1, -0.05) is 34.6 Å². The van der Waals surface area contributed by atoms with Crippen LogP contribution in [0.2, 0.25) is 0 Å². The minimum Gasteiger partial charge on any atom is -0.393 e. The van der Waals surface area contributed by atoms with Gasteiger partial charge in [-0.3, -0.25) is 0 Å². The van der Waals surface area contributed by atoms with Crippen molar-refractivity contribution in [3.63, 3.8) is 0 Å². The standard InChI is InChI=1S/C10H22O/c1-8(11)7-10(5,6)9(2,3)4/h8,11H,7H2,1-6H3. The van der Waals surface area contributed by atoms with Gasteiger partial charge < -0.3 is 5.11 Å². The Morgan fingerprint density at radius 3 is 1.55 bits per heavy atom. The van der Waals surface area contributed by atoms with Crippen molar-refractivity contribution in [3.8, 4) is 0 Å². The van der Waals surface area contributed by atoms with Crippen molar-refractivity contribution in [1.82, 2.24) is 0 Å². The van der Waals surface area contributed by atoms with Crippen molar-refractivity contribution in [2.75, 3.05) is 0 Å². The van der Waals surface area contributed by atoms with Crippen LogP contribution in [0.15, 0.2) is 0 Å². The van der Waals surface area contributed by atoms with Crippen molar-refractivity contribution < 1.29 is 5.11 Å². The normalized spacial score (nSPS) is 16.6. The molecule has 0 aromatic carbocycles. The molecule has 0 saturated heterocycles. The summed E-state index contributed by atoms with van der Waals surface area (Å²) >= 11 is 0. The summed E-state index contributed by atoms with van der Waals surface area (Å²) in [4.78, 5) is 0. The molecule has 0 heterocycles. The van der Waals surface area contributed by atoms with Crippen LogP contribution in [0.5, 0.6) is 0 Å². The van der Waals surface area contributed by atoms with Crippen molar-refractivity contribution in [1.29, 1.82) is 0 Å². The molecule has 0 aromatic rings. The van der Waals surface area contributed by atoms with Gasteiger partial charge in [0.25, 0.3) is 0 Å². The fourth-order valence-corrected chi connectivity index (χ4v) is 1.04. The third kappa shape index (κ3) is 3.24. The van der Waals surface area contributed by atoms with Crippen LogP contribution in [0.3, 0.4) is 0 Å². The fraction of sp³-hybridized carbons (Fsp3) is 1.00. The summed E-state index contributed by atoms with van der Waals surface area (Å²) in [5, 5.41) is 9.25. The molecular formula is C10H22O. The van der Waals surface area contributed by atoms with E-state index < -0.39 is 0 Å². The average Bonchev–Trinajstić information content (AvgIpc) is 1.56. The van der Waals surface area contributed by atoms with Gasteiger partial charge in [-0.25, -0.2) is 0 Å². The quantitative estimate of drug-likeness (QED) is 0.655. The molecule has 0 aliphatic carbocycles. The van der Waals surface area contributed by atoms with E-state index in [-0.39, 0.29) is 16.9 Å². The summed E-state index contributed by atoms with van der Waals surface area (Å²) in [6, 6.07) is 0. The number of aliphatic hydroxyl groups excluding tert-OH is 1. The van der Waals surface area contributed by atoms with Crippen molar-refractivity contribution in [2.24, 2.45) is 10.8 Å². The lowest BCUT2D eigenvalue weighted by molar-refractivity contribution is 0.0531. The van der Waals surface area contributed by atoms with E-state index in [9.17, 15) is 5.11 Å². The molecule has 0 amide bonds. The second-order valence-corrected chi connectivity index (χ2v) is 5.19. The SMILES string of the molecule is CC(O)CC(C)(C)C(C)(C)C. The Labute approximate surface area is 70.8 Å². The fourth-order valence-electron chi connectivity index (χ4n) is 1.04. The number of aliphatic hydroxyl groups is 1. The molecule has 1 N–H and O–H groups in total. The first-order valence-corrected chi connectivity index (χ1v) is 4.35. The molecule has 0 rings (SSSR count). The van der Waals surface area contributed by atoms with E-state index in [0.29, 0.717) is 0 Å². The molecule has 0 aliphatic heterocycles. The number of hydrogen-bond donors (Lipinski definition) is 1.